The van der Waals surface area contributed by atoms with Crippen LogP contribution in [0.4, 0.5) is 4.79 Å². The third-order valence-corrected chi connectivity index (χ3v) is 1.90. The number of hydrogen-bond acceptors (Lipinski definition) is 4. The number of hydrazone groups is 1. The molecule has 3 N–H and O–H groups in total. The first-order valence-electron chi connectivity index (χ1n) is 5.06. The van der Waals surface area contributed by atoms with Crippen molar-refractivity contribution in [1.82, 2.24) is 5.43 Å². The summed E-state index contributed by atoms with van der Waals surface area (Å²) in [6.45, 7) is 2.42. The van der Waals surface area contributed by atoms with Gasteiger partial charge in [-0.3, -0.25) is 0 Å². The number of urea groups is 1. The van der Waals surface area contributed by atoms with Crippen LogP contribution in [0.3, 0.4) is 0 Å². The Labute approximate surface area is 99.4 Å². The van der Waals surface area contributed by atoms with Crippen LogP contribution in [0.25, 0.3) is 0 Å². The van der Waals surface area contributed by atoms with Crippen LogP contribution in [0, 0.1) is 0 Å². The predicted octanol–water partition coefficient (Wildman–Crippen LogP) is 1.10. The number of nitrogens with one attached hydrogen (secondary N) is 1. The minimum atomic E-state index is -0.720. The quantitative estimate of drug-likeness (QED) is 0.593. The molecule has 0 fully saturated rings. The van der Waals surface area contributed by atoms with E-state index < -0.39 is 6.03 Å². The van der Waals surface area contributed by atoms with E-state index in [1.165, 1.54) is 6.21 Å². The summed E-state index contributed by atoms with van der Waals surface area (Å²) in [4.78, 5) is 10.5. The molecule has 0 radical (unpaired) electrons. The fourth-order valence-corrected chi connectivity index (χ4v) is 1.21. The molecule has 0 aliphatic heterocycles. The van der Waals surface area contributed by atoms with E-state index in [1.54, 1.807) is 25.3 Å². The number of nitrogens with two attached hydrogens (primary N) is 1. The molecule has 0 atom stereocenters. The van der Waals surface area contributed by atoms with Gasteiger partial charge in [0.15, 0.2) is 0 Å². The molecule has 1 aromatic carbocycles. The van der Waals surface area contributed by atoms with E-state index in [0.29, 0.717) is 23.7 Å². The maximum Gasteiger partial charge on any atom is 0.332 e. The second-order valence-corrected chi connectivity index (χ2v) is 3.07. The SMILES string of the molecule is CCOc1ccc(OC)cc1/C=N\NC(N)=O. The summed E-state index contributed by atoms with van der Waals surface area (Å²) < 4.78 is 10.5. The van der Waals surface area contributed by atoms with Crippen molar-refractivity contribution in [2.75, 3.05) is 13.7 Å². The molecule has 92 valence electrons. The molecular weight excluding hydrogens is 222 g/mol. The Morgan fingerprint density at radius 2 is 2.35 bits per heavy atom. The third-order valence-electron chi connectivity index (χ3n) is 1.90. The molecule has 0 saturated carbocycles. The molecule has 0 saturated heterocycles. The van der Waals surface area contributed by atoms with E-state index in [0.717, 1.165) is 0 Å². The number of carbonyl (C=O) groups excluding carboxylic acids is 1. The number of benzene rings is 1. The Hall–Kier alpha value is -2.24. The first kappa shape index (κ1) is 12.8. The fourth-order valence-electron chi connectivity index (χ4n) is 1.21. The van der Waals surface area contributed by atoms with Crippen molar-refractivity contribution in [3.05, 3.63) is 23.8 Å². The molecule has 6 heteroatoms. The Morgan fingerprint density at radius 1 is 1.59 bits per heavy atom. The Balaban J connectivity index is 2.91. The van der Waals surface area contributed by atoms with Crippen molar-refractivity contribution in [2.45, 2.75) is 6.92 Å². The fraction of sp³-hybridized carbons (Fsp3) is 0.273. The van der Waals surface area contributed by atoms with Gasteiger partial charge in [-0.05, 0) is 25.1 Å². The maximum absolute atomic E-state index is 10.5. The minimum Gasteiger partial charge on any atom is -0.497 e. The number of amides is 2. The molecule has 1 rings (SSSR count). The van der Waals surface area contributed by atoms with Crippen LogP contribution in [0.1, 0.15) is 12.5 Å². The highest BCUT2D eigenvalue weighted by atomic mass is 16.5. The van der Waals surface area contributed by atoms with Gasteiger partial charge in [0.1, 0.15) is 11.5 Å². The molecule has 0 heterocycles. The van der Waals surface area contributed by atoms with Crippen LogP contribution in [-0.2, 0) is 0 Å². The van der Waals surface area contributed by atoms with E-state index in [4.69, 9.17) is 15.2 Å². The monoisotopic (exact) mass is 237 g/mol. The van der Waals surface area contributed by atoms with E-state index in [9.17, 15) is 4.79 Å². The van der Waals surface area contributed by atoms with Gasteiger partial charge in [-0.15, -0.1) is 0 Å². The standard InChI is InChI=1S/C11H15N3O3/c1-3-17-10-5-4-9(16-2)6-8(10)7-13-14-11(12)15/h4-7H,3H2,1-2H3,(H3,12,14,15)/b13-7-. The normalized spacial score (nSPS) is 10.2. The van der Waals surface area contributed by atoms with E-state index in [1.807, 2.05) is 6.92 Å². The molecule has 2 amide bonds. The number of hydrogen-bond donors (Lipinski definition) is 2. The zero-order valence-electron chi connectivity index (χ0n) is 9.77. The summed E-state index contributed by atoms with van der Waals surface area (Å²) in [5, 5.41) is 3.67. The van der Waals surface area contributed by atoms with Gasteiger partial charge in [0.05, 0.1) is 19.9 Å². The van der Waals surface area contributed by atoms with E-state index in [2.05, 4.69) is 10.5 Å². The third kappa shape index (κ3) is 4.02. The van der Waals surface area contributed by atoms with Gasteiger partial charge in [-0.25, -0.2) is 10.2 Å². The highest BCUT2D eigenvalue weighted by Gasteiger charge is 2.03. The summed E-state index contributed by atoms with van der Waals surface area (Å²) in [6, 6.07) is 4.58. The Morgan fingerprint density at radius 3 is 2.94 bits per heavy atom. The number of primary amides is 1. The molecule has 0 bridgehead atoms. The largest absolute Gasteiger partial charge is 0.497 e. The molecule has 17 heavy (non-hydrogen) atoms. The topological polar surface area (TPSA) is 85.9 Å². The number of carbonyl (C=O) groups is 1. The molecule has 1 aromatic rings. The van der Waals surface area contributed by atoms with Gasteiger partial charge < -0.3 is 15.2 Å². The molecule has 0 unspecified atom stereocenters. The molecule has 0 spiro atoms. The Bertz CT molecular complexity index is 418. The number of nitrogens with zero attached hydrogens (tertiary/aromatic N) is 1. The van der Waals surface area contributed by atoms with Crippen molar-refractivity contribution in [1.29, 1.82) is 0 Å². The predicted molar refractivity (Wildman–Crippen MR) is 64.5 cm³/mol. The summed E-state index contributed by atoms with van der Waals surface area (Å²) in [7, 11) is 1.57. The van der Waals surface area contributed by atoms with E-state index in [-0.39, 0.29) is 0 Å². The summed E-state index contributed by atoms with van der Waals surface area (Å²) >= 11 is 0. The lowest BCUT2D eigenvalue weighted by molar-refractivity contribution is 0.249. The number of rotatable bonds is 5. The van der Waals surface area contributed by atoms with Crippen LogP contribution < -0.4 is 20.6 Å². The molecule has 0 aliphatic rings. The number of ether oxygens (including phenoxy) is 2. The second kappa shape index (κ2) is 6.37. The smallest absolute Gasteiger partial charge is 0.332 e. The number of methoxy groups -OCH3 is 1. The van der Waals surface area contributed by atoms with Crippen LogP contribution >= 0.6 is 0 Å². The zero-order chi connectivity index (χ0) is 12.7. The summed E-state index contributed by atoms with van der Waals surface area (Å²) in [6.07, 6.45) is 1.44. The van der Waals surface area contributed by atoms with Gasteiger partial charge >= 0.3 is 6.03 Å². The van der Waals surface area contributed by atoms with Crippen LogP contribution in [0.15, 0.2) is 23.3 Å². The van der Waals surface area contributed by atoms with Gasteiger partial charge in [-0.2, -0.15) is 5.10 Å². The van der Waals surface area contributed by atoms with Gasteiger partial charge in [0, 0.05) is 5.56 Å². The van der Waals surface area contributed by atoms with E-state index >= 15 is 0 Å². The zero-order valence-corrected chi connectivity index (χ0v) is 9.77. The van der Waals surface area contributed by atoms with Crippen molar-refractivity contribution in [2.24, 2.45) is 10.8 Å². The first-order chi connectivity index (χ1) is 8.17. The van der Waals surface area contributed by atoms with Crippen molar-refractivity contribution in [3.8, 4) is 11.5 Å². The average Bonchev–Trinajstić information content (AvgIpc) is 2.31. The Kier molecular flexibility index (Phi) is 4.80. The maximum atomic E-state index is 10.5. The highest BCUT2D eigenvalue weighted by Crippen LogP contribution is 2.22. The second-order valence-electron chi connectivity index (χ2n) is 3.07. The van der Waals surface area contributed by atoms with Gasteiger partial charge in [0.25, 0.3) is 0 Å². The van der Waals surface area contributed by atoms with Crippen molar-refractivity contribution < 1.29 is 14.3 Å². The van der Waals surface area contributed by atoms with Gasteiger partial charge in [0.2, 0.25) is 0 Å². The summed E-state index contributed by atoms with van der Waals surface area (Å²) in [5.41, 5.74) is 7.70. The molecule has 0 aromatic heterocycles. The first-order valence-corrected chi connectivity index (χ1v) is 5.06. The van der Waals surface area contributed by atoms with Crippen LogP contribution in [0.2, 0.25) is 0 Å². The van der Waals surface area contributed by atoms with Crippen molar-refractivity contribution in [3.63, 3.8) is 0 Å². The summed E-state index contributed by atoms with van der Waals surface area (Å²) in [5.74, 6) is 1.33. The molecule has 6 nitrogen and oxygen atoms in total. The lowest BCUT2D eigenvalue weighted by Gasteiger charge is -2.08. The highest BCUT2D eigenvalue weighted by molar-refractivity contribution is 5.85. The lowest BCUT2D eigenvalue weighted by atomic mass is 10.2. The molecular formula is C11H15N3O3. The average molecular weight is 237 g/mol. The minimum absolute atomic E-state index is 0.538. The van der Waals surface area contributed by atoms with Crippen molar-refractivity contribution >= 4 is 12.2 Å². The lowest BCUT2D eigenvalue weighted by Crippen LogP contribution is -2.24. The molecule has 0 aliphatic carbocycles. The van der Waals surface area contributed by atoms with Crippen LogP contribution in [-0.4, -0.2) is 26.0 Å². The van der Waals surface area contributed by atoms with Gasteiger partial charge in [-0.1, -0.05) is 0 Å². The van der Waals surface area contributed by atoms with Crippen LogP contribution in [0.5, 0.6) is 11.5 Å².